The number of allylic oxidation sites excluding steroid dienone is 7. The zero-order chi connectivity index (χ0) is 52.9. The predicted molar refractivity (Wildman–Crippen MR) is 309 cm³/mol. The molecule has 0 radical (unpaired) electrons. The third-order valence-electron chi connectivity index (χ3n) is 13.5. The molecule has 0 aromatic rings. The van der Waals surface area contributed by atoms with Gasteiger partial charge in [0.2, 0.25) is 5.91 Å². The summed E-state index contributed by atoms with van der Waals surface area (Å²) in [6.07, 6.45) is 63.8. The van der Waals surface area contributed by atoms with Crippen molar-refractivity contribution in [2.75, 3.05) is 40.9 Å². The van der Waals surface area contributed by atoms with Crippen LogP contribution in [-0.4, -0.2) is 74.3 Å². The van der Waals surface area contributed by atoms with Gasteiger partial charge in [0, 0.05) is 12.8 Å². The third kappa shape index (κ3) is 52.8. The normalized spacial score (nSPS) is 14.0. The van der Waals surface area contributed by atoms with Crippen LogP contribution in [0.25, 0.3) is 0 Å². The second-order valence-electron chi connectivity index (χ2n) is 21.9. The molecule has 2 N–H and O–H groups in total. The van der Waals surface area contributed by atoms with Gasteiger partial charge in [0.25, 0.3) is 0 Å². The van der Waals surface area contributed by atoms with Gasteiger partial charge in [-0.3, -0.25) is 18.6 Å². The van der Waals surface area contributed by atoms with E-state index in [4.69, 9.17) is 13.8 Å². The molecule has 0 bridgehead atoms. The molecule has 0 aliphatic heterocycles. The zero-order valence-electron chi connectivity index (χ0n) is 48.2. The Hall–Kier alpha value is -2.03. The number of carbonyl (C=O) groups excluding carboxylic acids is 2. The summed E-state index contributed by atoms with van der Waals surface area (Å²) in [6.45, 7) is 6.99. The number of amides is 1. The summed E-state index contributed by atoms with van der Waals surface area (Å²) in [5.74, 6) is -0.505. The van der Waals surface area contributed by atoms with E-state index in [1.165, 1.54) is 167 Å². The first-order valence-electron chi connectivity index (χ1n) is 30.5. The van der Waals surface area contributed by atoms with E-state index in [0.717, 1.165) is 83.5 Å². The highest BCUT2D eigenvalue weighted by Gasteiger charge is 2.30. The van der Waals surface area contributed by atoms with Crippen LogP contribution >= 0.6 is 7.82 Å². The van der Waals surface area contributed by atoms with E-state index in [2.05, 4.69) is 62.5 Å². The molecule has 0 aliphatic rings. The first-order valence-corrected chi connectivity index (χ1v) is 32.0. The Morgan fingerprint density at radius 1 is 0.486 bits per heavy atom. The molecule has 0 aliphatic carbocycles. The van der Waals surface area contributed by atoms with E-state index in [1.807, 2.05) is 33.3 Å². The van der Waals surface area contributed by atoms with Crippen molar-refractivity contribution in [1.82, 2.24) is 5.32 Å². The van der Waals surface area contributed by atoms with Crippen LogP contribution in [0.1, 0.15) is 284 Å². The summed E-state index contributed by atoms with van der Waals surface area (Å²) in [5.41, 5.74) is 0. The Morgan fingerprint density at radius 2 is 0.847 bits per heavy atom. The van der Waals surface area contributed by atoms with Crippen LogP contribution in [0, 0.1) is 0 Å². The molecule has 0 fully saturated rings. The van der Waals surface area contributed by atoms with Crippen molar-refractivity contribution in [2.24, 2.45) is 0 Å². The zero-order valence-corrected chi connectivity index (χ0v) is 49.1. The molecule has 422 valence electrons. The number of likely N-dealkylation sites (N-methyl/N-ethyl adjacent to an activating group) is 1. The molecule has 3 unspecified atom stereocenters. The van der Waals surface area contributed by atoms with Gasteiger partial charge < -0.3 is 19.4 Å². The topological polar surface area (TPSA) is 111 Å². The van der Waals surface area contributed by atoms with E-state index in [1.54, 1.807) is 0 Å². The van der Waals surface area contributed by atoms with Crippen molar-refractivity contribution in [3.05, 3.63) is 48.6 Å². The van der Waals surface area contributed by atoms with Gasteiger partial charge in [-0.15, -0.1) is 0 Å². The Bertz CT molecular complexity index is 1380. The quantitative estimate of drug-likeness (QED) is 0.0205. The van der Waals surface area contributed by atoms with Crippen molar-refractivity contribution < 1.29 is 37.3 Å². The highest BCUT2D eigenvalue weighted by Crippen LogP contribution is 2.43. The van der Waals surface area contributed by atoms with Gasteiger partial charge >= 0.3 is 13.8 Å². The maximum atomic E-state index is 13.5. The fourth-order valence-corrected chi connectivity index (χ4v) is 9.51. The van der Waals surface area contributed by atoms with E-state index in [-0.39, 0.29) is 25.1 Å². The average molecular weight is 1030 g/mol. The summed E-state index contributed by atoms with van der Waals surface area (Å²) in [5, 5.41) is 3.05. The third-order valence-corrected chi connectivity index (χ3v) is 14.5. The lowest BCUT2D eigenvalue weighted by Gasteiger charge is -2.27. The van der Waals surface area contributed by atoms with Crippen LogP contribution in [0.2, 0.25) is 0 Å². The molecule has 3 atom stereocenters. The SMILES string of the molecule is CCCCC/C=C\C/C=C\C/C=C\CCCCCCCCCCC(=O)NC(COP(=O)(O)OCC[N+](C)(C)C)C(/C=C\CCCCCCCCCCCC)OC(=O)CCCCCCCCCCCCCCC. The highest BCUT2D eigenvalue weighted by atomic mass is 31.2. The van der Waals surface area contributed by atoms with Gasteiger partial charge in [-0.05, 0) is 70.3 Å². The van der Waals surface area contributed by atoms with E-state index in [9.17, 15) is 19.0 Å². The van der Waals surface area contributed by atoms with Crippen LogP contribution in [0.5, 0.6) is 0 Å². The minimum atomic E-state index is -4.44. The summed E-state index contributed by atoms with van der Waals surface area (Å²) >= 11 is 0. The lowest BCUT2D eigenvalue weighted by Crippen LogP contribution is -2.47. The summed E-state index contributed by atoms with van der Waals surface area (Å²) in [4.78, 5) is 37.6. The Labute approximate surface area is 446 Å². The van der Waals surface area contributed by atoms with Crippen LogP contribution in [0.4, 0.5) is 0 Å². The Morgan fingerprint density at radius 3 is 1.29 bits per heavy atom. The molecule has 72 heavy (non-hydrogen) atoms. The number of nitrogens with zero attached hydrogens (tertiary/aromatic N) is 1. The number of phosphoric ester groups is 1. The first kappa shape index (κ1) is 70.0. The van der Waals surface area contributed by atoms with E-state index >= 15 is 0 Å². The van der Waals surface area contributed by atoms with Gasteiger partial charge in [0.05, 0.1) is 33.8 Å². The highest BCUT2D eigenvalue weighted by molar-refractivity contribution is 7.47. The van der Waals surface area contributed by atoms with Crippen LogP contribution < -0.4 is 5.32 Å². The van der Waals surface area contributed by atoms with Crippen molar-refractivity contribution in [3.8, 4) is 0 Å². The van der Waals surface area contributed by atoms with E-state index < -0.39 is 20.0 Å². The Kier molecular flexibility index (Phi) is 50.9. The predicted octanol–water partition coefficient (Wildman–Crippen LogP) is 18.5. The van der Waals surface area contributed by atoms with Crippen molar-refractivity contribution in [1.29, 1.82) is 0 Å². The second kappa shape index (κ2) is 52.4. The molecule has 0 aromatic heterocycles. The molecule has 0 aromatic carbocycles. The van der Waals surface area contributed by atoms with Crippen molar-refractivity contribution in [2.45, 2.75) is 296 Å². The number of rotatable bonds is 55. The number of carbonyl (C=O) groups is 2. The number of esters is 1. The Balaban J connectivity index is 5.24. The molecule has 9 nitrogen and oxygen atoms in total. The summed E-state index contributed by atoms with van der Waals surface area (Å²) < 4.78 is 30.7. The number of phosphoric acid groups is 1. The van der Waals surface area contributed by atoms with Gasteiger partial charge in [-0.25, -0.2) is 4.57 Å². The van der Waals surface area contributed by atoms with Crippen molar-refractivity contribution in [3.63, 3.8) is 0 Å². The monoisotopic (exact) mass is 1030 g/mol. The number of ether oxygens (including phenoxy) is 1. The second-order valence-corrected chi connectivity index (χ2v) is 23.3. The van der Waals surface area contributed by atoms with E-state index in [0.29, 0.717) is 23.9 Å². The number of quaternary nitrogens is 1. The van der Waals surface area contributed by atoms with Crippen LogP contribution in [-0.2, 0) is 27.9 Å². The minimum absolute atomic E-state index is 0.0396. The molecule has 0 saturated carbocycles. The van der Waals surface area contributed by atoms with Gasteiger partial charge in [0.1, 0.15) is 19.3 Å². The fourth-order valence-electron chi connectivity index (χ4n) is 8.77. The van der Waals surface area contributed by atoms with Gasteiger partial charge in [-0.2, -0.15) is 0 Å². The molecule has 1 amide bonds. The minimum Gasteiger partial charge on any atom is -0.456 e. The lowest BCUT2D eigenvalue weighted by molar-refractivity contribution is -0.870. The number of unbranched alkanes of at least 4 members (excludes halogenated alkanes) is 33. The standard InChI is InChI=1S/C62H117N2O7P/c1-7-10-13-16-19-22-25-28-29-30-31-32-33-34-35-37-39-42-45-48-51-54-61(65)63-59(58-70-72(67,68)69-57-56-64(4,5)6)60(53-50-47-44-41-38-27-24-21-18-15-12-9-3)71-62(66)55-52-49-46-43-40-36-26-23-20-17-14-11-8-2/h19,22,28-29,31-32,50,53,59-60H,7-18,20-21,23-27,30,33-49,51-52,54-58H2,1-6H3,(H-,63,65,67,68)/p+1/b22-19-,29-28-,32-31-,53-50-. The lowest BCUT2D eigenvalue weighted by atomic mass is 10.0. The summed E-state index contributed by atoms with van der Waals surface area (Å²) in [6, 6.07) is -0.849. The van der Waals surface area contributed by atoms with Crippen LogP contribution in [0.15, 0.2) is 48.6 Å². The molecular formula is C62H118N2O7P+. The molecule has 10 heteroatoms. The molecular weight excluding hydrogens is 916 g/mol. The number of nitrogens with one attached hydrogen (secondary N) is 1. The first-order chi connectivity index (χ1) is 34.9. The maximum absolute atomic E-state index is 13.5. The number of hydrogen-bond donors (Lipinski definition) is 2. The fraction of sp³-hybridized carbons (Fsp3) is 0.839. The molecule has 0 rings (SSSR count). The average Bonchev–Trinajstić information content (AvgIpc) is 3.34. The molecule has 0 saturated heterocycles. The van der Waals surface area contributed by atoms with Gasteiger partial charge in [-0.1, -0.05) is 250 Å². The largest absolute Gasteiger partial charge is 0.472 e. The maximum Gasteiger partial charge on any atom is 0.472 e. The summed E-state index contributed by atoms with van der Waals surface area (Å²) in [7, 11) is 1.50. The smallest absolute Gasteiger partial charge is 0.456 e. The van der Waals surface area contributed by atoms with Gasteiger partial charge in [0.15, 0.2) is 0 Å². The number of hydrogen-bond acceptors (Lipinski definition) is 6. The van der Waals surface area contributed by atoms with Crippen LogP contribution in [0.3, 0.4) is 0 Å². The molecule has 0 spiro atoms. The molecule has 0 heterocycles. The van der Waals surface area contributed by atoms with Crippen molar-refractivity contribution >= 4 is 19.7 Å².